The number of benzene rings is 1. The van der Waals surface area contributed by atoms with Crippen molar-refractivity contribution in [2.75, 3.05) is 20.2 Å². The van der Waals surface area contributed by atoms with Crippen LogP contribution in [-0.2, 0) is 13.1 Å². The Morgan fingerprint density at radius 3 is 2.77 bits per heavy atom. The standard InChI is InChI=1S/C17H22F3N5O/c1-13-3-4-14(15(9-13)26-11-17(18,19)20)10-24-16(21-2)23-6-8-25-7-5-22-12-25/h3-5,7,9,12H,6,8,10-11H2,1-2H3,(H2,21,23,24). The summed E-state index contributed by atoms with van der Waals surface area (Å²) in [5.74, 6) is 0.760. The summed E-state index contributed by atoms with van der Waals surface area (Å²) in [7, 11) is 1.63. The number of imidazole rings is 1. The van der Waals surface area contributed by atoms with E-state index in [2.05, 4.69) is 20.6 Å². The molecule has 26 heavy (non-hydrogen) atoms. The normalized spacial score (nSPS) is 12.1. The van der Waals surface area contributed by atoms with E-state index in [4.69, 9.17) is 4.74 Å². The van der Waals surface area contributed by atoms with Crippen LogP contribution in [0.2, 0.25) is 0 Å². The van der Waals surface area contributed by atoms with Gasteiger partial charge >= 0.3 is 6.18 Å². The number of nitrogens with one attached hydrogen (secondary N) is 2. The van der Waals surface area contributed by atoms with Crippen LogP contribution in [0.15, 0.2) is 41.9 Å². The van der Waals surface area contributed by atoms with E-state index in [1.165, 1.54) is 0 Å². The van der Waals surface area contributed by atoms with Gasteiger partial charge in [0, 0.05) is 44.6 Å². The molecule has 0 aliphatic carbocycles. The first-order valence-electron chi connectivity index (χ1n) is 8.07. The van der Waals surface area contributed by atoms with Crippen LogP contribution in [-0.4, -0.2) is 41.9 Å². The number of hydrogen-bond acceptors (Lipinski definition) is 3. The minimum atomic E-state index is -4.38. The van der Waals surface area contributed by atoms with Crippen molar-refractivity contribution in [3.8, 4) is 5.75 Å². The summed E-state index contributed by atoms with van der Waals surface area (Å²) >= 11 is 0. The molecule has 0 fully saturated rings. The number of hydrogen-bond donors (Lipinski definition) is 2. The average molecular weight is 369 g/mol. The molecule has 1 aromatic carbocycles. The second-order valence-corrected chi connectivity index (χ2v) is 5.67. The van der Waals surface area contributed by atoms with Gasteiger partial charge in [-0.3, -0.25) is 4.99 Å². The zero-order chi connectivity index (χ0) is 19.0. The van der Waals surface area contributed by atoms with Crippen LogP contribution in [0.5, 0.6) is 5.75 Å². The van der Waals surface area contributed by atoms with Crippen LogP contribution in [0.25, 0.3) is 0 Å². The number of ether oxygens (including phenoxy) is 1. The minimum absolute atomic E-state index is 0.212. The first-order valence-corrected chi connectivity index (χ1v) is 8.07. The molecule has 2 rings (SSSR count). The maximum absolute atomic E-state index is 12.4. The molecule has 0 amide bonds. The smallest absolute Gasteiger partial charge is 0.422 e. The van der Waals surface area contributed by atoms with Crippen molar-refractivity contribution in [3.63, 3.8) is 0 Å². The van der Waals surface area contributed by atoms with Crippen LogP contribution >= 0.6 is 0 Å². The summed E-state index contributed by atoms with van der Waals surface area (Å²) in [6.07, 6.45) is 0.898. The van der Waals surface area contributed by atoms with Gasteiger partial charge in [-0.25, -0.2) is 4.98 Å². The quantitative estimate of drug-likeness (QED) is 0.582. The van der Waals surface area contributed by atoms with Crippen LogP contribution in [0.4, 0.5) is 13.2 Å². The Hall–Kier alpha value is -2.71. The van der Waals surface area contributed by atoms with Gasteiger partial charge in [-0.1, -0.05) is 12.1 Å². The molecule has 0 saturated carbocycles. The summed E-state index contributed by atoms with van der Waals surface area (Å²) < 4.78 is 44.1. The van der Waals surface area contributed by atoms with E-state index in [-0.39, 0.29) is 12.3 Å². The van der Waals surface area contributed by atoms with E-state index in [0.29, 0.717) is 24.6 Å². The van der Waals surface area contributed by atoms with E-state index in [0.717, 1.165) is 5.56 Å². The molecule has 0 spiro atoms. The van der Waals surface area contributed by atoms with E-state index in [1.807, 2.05) is 16.8 Å². The maximum atomic E-state index is 12.4. The molecule has 0 bridgehead atoms. The molecule has 0 aliphatic rings. The first kappa shape index (κ1) is 19.6. The van der Waals surface area contributed by atoms with Crippen LogP contribution in [0.1, 0.15) is 11.1 Å². The Bertz CT molecular complexity index is 714. The van der Waals surface area contributed by atoms with Crippen molar-refractivity contribution < 1.29 is 17.9 Å². The molecule has 2 N–H and O–H groups in total. The molecule has 6 nitrogen and oxygen atoms in total. The van der Waals surface area contributed by atoms with Crippen molar-refractivity contribution in [2.45, 2.75) is 26.2 Å². The van der Waals surface area contributed by atoms with Crippen LogP contribution in [0, 0.1) is 6.92 Å². The second kappa shape index (κ2) is 9.12. The van der Waals surface area contributed by atoms with Crippen molar-refractivity contribution >= 4 is 5.96 Å². The molecule has 0 unspecified atom stereocenters. The van der Waals surface area contributed by atoms with Gasteiger partial charge < -0.3 is 19.9 Å². The number of nitrogens with zero attached hydrogens (tertiary/aromatic N) is 3. The molecule has 9 heteroatoms. The molecule has 1 aromatic heterocycles. The second-order valence-electron chi connectivity index (χ2n) is 5.67. The molecule has 1 heterocycles. The summed E-state index contributed by atoms with van der Waals surface area (Å²) in [4.78, 5) is 8.07. The fourth-order valence-corrected chi connectivity index (χ4v) is 2.22. The summed E-state index contributed by atoms with van der Waals surface area (Å²) in [5.41, 5.74) is 1.45. The van der Waals surface area contributed by atoms with E-state index >= 15 is 0 Å². The van der Waals surface area contributed by atoms with Gasteiger partial charge in [-0.15, -0.1) is 0 Å². The fourth-order valence-electron chi connectivity index (χ4n) is 2.22. The number of halogens is 3. The number of aryl methyl sites for hydroxylation is 1. The van der Waals surface area contributed by atoms with E-state index < -0.39 is 12.8 Å². The van der Waals surface area contributed by atoms with Gasteiger partial charge in [0.15, 0.2) is 12.6 Å². The van der Waals surface area contributed by atoms with Gasteiger partial charge in [-0.2, -0.15) is 13.2 Å². The predicted octanol–water partition coefficient (Wildman–Crippen LogP) is 2.50. The van der Waals surface area contributed by atoms with Gasteiger partial charge in [-0.05, 0) is 18.6 Å². The van der Waals surface area contributed by atoms with Crippen molar-refractivity contribution in [1.29, 1.82) is 0 Å². The number of aromatic nitrogens is 2. The lowest BCUT2D eigenvalue weighted by Crippen LogP contribution is -2.38. The molecule has 0 radical (unpaired) electrons. The van der Waals surface area contributed by atoms with Gasteiger partial charge in [0.1, 0.15) is 5.75 Å². The topological polar surface area (TPSA) is 63.5 Å². The third-order valence-electron chi connectivity index (χ3n) is 3.51. The average Bonchev–Trinajstić information content (AvgIpc) is 3.10. The molecule has 0 saturated heterocycles. The Balaban J connectivity index is 1.89. The zero-order valence-corrected chi connectivity index (χ0v) is 14.7. The number of rotatable bonds is 7. The van der Waals surface area contributed by atoms with Gasteiger partial charge in [0.05, 0.1) is 6.33 Å². The van der Waals surface area contributed by atoms with Crippen LogP contribution in [0.3, 0.4) is 0 Å². The Kier molecular flexibility index (Phi) is 6.88. The number of guanidine groups is 1. The largest absolute Gasteiger partial charge is 0.484 e. The Morgan fingerprint density at radius 1 is 1.31 bits per heavy atom. The SMILES string of the molecule is CN=C(NCCn1ccnc1)NCc1ccc(C)cc1OCC(F)(F)F. The van der Waals surface area contributed by atoms with Crippen molar-refractivity contribution in [2.24, 2.45) is 4.99 Å². The van der Waals surface area contributed by atoms with E-state index in [1.54, 1.807) is 38.6 Å². The molecule has 0 aliphatic heterocycles. The first-order chi connectivity index (χ1) is 12.4. The van der Waals surface area contributed by atoms with Crippen molar-refractivity contribution in [3.05, 3.63) is 48.0 Å². The third kappa shape index (κ3) is 6.66. The molecular weight excluding hydrogens is 347 g/mol. The fraction of sp³-hybridized carbons (Fsp3) is 0.412. The number of alkyl halides is 3. The van der Waals surface area contributed by atoms with Gasteiger partial charge in [0.2, 0.25) is 0 Å². The monoisotopic (exact) mass is 369 g/mol. The summed E-state index contributed by atoms with van der Waals surface area (Å²) in [5, 5.41) is 6.21. The van der Waals surface area contributed by atoms with Gasteiger partial charge in [0.25, 0.3) is 0 Å². The molecular formula is C17H22F3N5O. The highest BCUT2D eigenvalue weighted by atomic mass is 19.4. The molecule has 142 valence electrons. The van der Waals surface area contributed by atoms with Crippen LogP contribution < -0.4 is 15.4 Å². The Labute approximate surface area is 150 Å². The molecule has 2 aromatic rings. The minimum Gasteiger partial charge on any atom is -0.484 e. The van der Waals surface area contributed by atoms with E-state index in [9.17, 15) is 13.2 Å². The lowest BCUT2D eigenvalue weighted by Gasteiger charge is -2.16. The third-order valence-corrected chi connectivity index (χ3v) is 3.51. The highest BCUT2D eigenvalue weighted by Gasteiger charge is 2.28. The zero-order valence-electron chi connectivity index (χ0n) is 14.7. The predicted molar refractivity (Wildman–Crippen MR) is 93.2 cm³/mol. The lowest BCUT2D eigenvalue weighted by atomic mass is 10.1. The number of aliphatic imine (C=N–C) groups is 1. The highest BCUT2D eigenvalue weighted by Crippen LogP contribution is 2.23. The van der Waals surface area contributed by atoms with Crippen molar-refractivity contribution in [1.82, 2.24) is 20.2 Å². The molecule has 0 atom stereocenters. The maximum Gasteiger partial charge on any atom is 0.422 e. The summed E-state index contributed by atoms with van der Waals surface area (Å²) in [6, 6.07) is 5.16. The Morgan fingerprint density at radius 2 is 2.12 bits per heavy atom. The highest BCUT2D eigenvalue weighted by molar-refractivity contribution is 5.79. The lowest BCUT2D eigenvalue weighted by molar-refractivity contribution is -0.153. The summed E-state index contributed by atoms with van der Waals surface area (Å²) in [6.45, 7) is 2.11.